The van der Waals surface area contributed by atoms with Crippen LogP contribution in [0.2, 0.25) is 0 Å². The van der Waals surface area contributed by atoms with Gasteiger partial charge in [-0.05, 0) is 39.8 Å². The number of anilines is 3. The van der Waals surface area contributed by atoms with Crippen molar-refractivity contribution in [3.8, 4) is 0 Å². The zero-order valence-corrected chi connectivity index (χ0v) is 16.5. The highest BCUT2D eigenvalue weighted by Gasteiger charge is 2.19. The lowest BCUT2D eigenvalue weighted by atomic mass is 10.2. The number of rotatable bonds is 9. The van der Waals surface area contributed by atoms with Crippen molar-refractivity contribution in [3.63, 3.8) is 0 Å². The largest absolute Gasteiger partial charge is 0.354 e. The van der Waals surface area contributed by atoms with Gasteiger partial charge in [0.25, 0.3) is 0 Å². The lowest BCUT2D eigenvalue weighted by molar-refractivity contribution is -0.116. The maximum Gasteiger partial charge on any atom is 0.237 e. The summed E-state index contributed by atoms with van der Waals surface area (Å²) >= 11 is 1.32. The molecular formula is C18H26N6OS. The molecule has 0 spiro atoms. The molecule has 1 aromatic carbocycles. The van der Waals surface area contributed by atoms with E-state index in [1.54, 1.807) is 4.90 Å². The molecule has 0 saturated carbocycles. The quantitative estimate of drug-likeness (QED) is 0.652. The second-order valence-corrected chi connectivity index (χ2v) is 6.75. The molecule has 2 aromatic rings. The number of carbonyl (C=O) groups is 1. The Bertz CT molecular complexity index is 686. The Kier molecular flexibility index (Phi) is 7.65. The van der Waals surface area contributed by atoms with Crippen LogP contribution in [-0.4, -0.2) is 45.7 Å². The van der Waals surface area contributed by atoms with Gasteiger partial charge in [0, 0.05) is 24.8 Å². The van der Waals surface area contributed by atoms with E-state index in [0.29, 0.717) is 30.1 Å². The Morgan fingerprint density at radius 3 is 2.12 bits per heavy atom. The smallest absolute Gasteiger partial charge is 0.237 e. The molecule has 1 amide bonds. The summed E-state index contributed by atoms with van der Waals surface area (Å²) in [5.41, 5.74) is 0.894. The monoisotopic (exact) mass is 374 g/mol. The van der Waals surface area contributed by atoms with E-state index in [0.717, 1.165) is 5.69 Å². The molecule has 0 radical (unpaired) electrons. The molecule has 0 aliphatic heterocycles. The van der Waals surface area contributed by atoms with Crippen molar-refractivity contribution in [2.75, 3.05) is 34.4 Å². The maximum atomic E-state index is 12.8. The summed E-state index contributed by atoms with van der Waals surface area (Å²) in [6, 6.07) is 9.76. The van der Waals surface area contributed by atoms with Crippen LogP contribution >= 0.6 is 11.8 Å². The van der Waals surface area contributed by atoms with Gasteiger partial charge in [0.15, 0.2) is 5.16 Å². The highest BCUT2D eigenvalue weighted by atomic mass is 32.2. The van der Waals surface area contributed by atoms with Gasteiger partial charge in [0.2, 0.25) is 17.8 Å². The van der Waals surface area contributed by atoms with E-state index in [9.17, 15) is 4.79 Å². The average molecular weight is 375 g/mol. The van der Waals surface area contributed by atoms with Crippen LogP contribution < -0.4 is 15.5 Å². The molecule has 0 atom stereocenters. The van der Waals surface area contributed by atoms with E-state index >= 15 is 0 Å². The molecule has 0 unspecified atom stereocenters. The van der Waals surface area contributed by atoms with Crippen molar-refractivity contribution >= 4 is 35.3 Å². The predicted molar refractivity (Wildman–Crippen MR) is 108 cm³/mol. The van der Waals surface area contributed by atoms with Crippen LogP contribution in [0.4, 0.5) is 17.6 Å². The summed E-state index contributed by atoms with van der Waals surface area (Å²) < 4.78 is 0. The van der Waals surface area contributed by atoms with Gasteiger partial charge < -0.3 is 15.5 Å². The van der Waals surface area contributed by atoms with Crippen molar-refractivity contribution in [1.29, 1.82) is 0 Å². The van der Waals surface area contributed by atoms with Crippen LogP contribution in [0.25, 0.3) is 0 Å². The van der Waals surface area contributed by atoms with Gasteiger partial charge in [-0.3, -0.25) is 4.79 Å². The van der Waals surface area contributed by atoms with Crippen molar-refractivity contribution in [1.82, 2.24) is 15.0 Å². The zero-order valence-electron chi connectivity index (χ0n) is 15.7. The van der Waals surface area contributed by atoms with E-state index in [2.05, 4.69) is 25.6 Å². The number of nitrogens with zero attached hydrogens (tertiary/aromatic N) is 4. The Hall–Kier alpha value is -2.35. The Balaban J connectivity index is 2.12. The van der Waals surface area contributed by atoms with Gasteiger partial charge in [-0.25, -0.2) is 0 Å². The van der Waals surface area contributed by atoms with E-state index in [1.165, 1.54) is 11.8 Å². The van der Waals surface area contributed by atoms with Gasteiger partial charge in [0.05, 0.1) is 5.75 Å². The third-order valence-electron chi connectivity index (χ3n) is 3.43. The SMILES string of the molecule is CCNc1nc(NCC)nc(SCC(=O)N(c2ccccc2)C(C)C)n1. The van der Waals surface area contributed by atoms with Crippen LogP contribution in [0.3, 0.4) is 0 Å². The molecule has 2 N–H and O–H groups in total. The number of thioether (sulfide) groups is 1. The molecule has 0 aliphatic carbocycles. The zero-order chi connectivity index (χ0) is 18.9. The third-order valence-corrected chi connectivity index (χ3v) is 4.26. The van der Waals surface area contributed by atoms with Crippen LogP contribution in [0.15, 0.2) is 35.5 Å². The highest BCUT2D eigenvalue weighted by Crippen LogP contribution is 2.21. The molecule has 7 nitrogen and oxygen atoms in total. The molecule has 140 valence electrons. The lowest BCUT2D eigenvalue weighted by Gasteiger charge is -2.26. The molecular weight excluding hydrogens is 348 g/mol. The summed E-state index contributed by atoms with van der Waals surface area (Å²) in [6.07, 6.45) is 0. The lowest BCUT2D eigenvalue weighted by Crippen LogP contribution is -2.38. The number of amides is 1. The summed E-state index contributed by atoms with van der Waals surface area (Å²) in [7, 11) is 0. The van der Waals surface area contributed by atoms with Gasteiger partial charge in [-0.2, -0.15) is 15.0 Å². The van der Waals surface area contributed by atoms with Gasteiger partial charge in [0.1, 0.15) is 0 Å². The minimum absolute atomic E-state index is 0.0200. The minimum atomic E-state index is 0.0200. The van der Waals surface area contributed by atoms with E-state index in [1.807, 2.05) is 58.0 Å². The Morgan fingerprint density at radius 2 is 1.62 bits per heavy atom. The first kappa shape index (κ1) is 20.0. The fraction of sp³-hybridized carbons (Fsp3) is 0.444. The van der Waals surface area contributed by atoms with Crippen LogP contribution in [0.5, 0.6) is 0 Å². The number of hydrogen-bond donors (Lipinski definition) is 2. The first-order valence-corrected chi connectivity index (χ1v) is 9.77. The number of para-hydroxylation sites is 1. The molecule has 1 aromatic heterocycles. The molecule has 2 rings (SSSR count). The van der Waals surface area contributed by atoms with E-state index in [4.69, 9.17) is 0 Å². The minimum Gasteiger partial charge on any atom is -0.354 e. The molecule has 0 saturated heterocycles. The fourth-order valence-corrected chi connectivity index (χ4v) is 3.10. The number of benzene rings is 1. The number of hydrogen-bond acceptors (Lipinski definition) is 7. The summed E-state index contributed by atoms with van der Waals surface area (Å²) in [4.78, 5) is 27.6. The van der Waals surface area contributed by atoms with Crippen LogP contribution in [0.1, 0.15) is 27.7 Å². The van der Waals surface area contributed by atoms with Crippen LogP contribution in [0, 0.1) is 0 Å². The number of aromatic nitrogens is 3. The molecule has 0 aliphatic rings. The Labute approximate surface area is 159 Å². The van der Waals surface area contributed by atoms with Gasteiger partial charge in [-0.15, -0.1) is 0 Å². The fourth-order valence-electron chi connectivity index (χ4n) is 2.41. The standard InChI is InChI=1S/C18H26N6OS/c1-5-19-16-21-17(20-6-2)23-18(22-16)26-12-15(25)24(13(3)4)14-10-8-7-9-11-14/h7-11,13H,5-6,12H2,1-4H3,(H2,19,20,21,22,23). The number of nitrogens with one attached hydrogen (secondary N) is 2. The second kappa shape index (κ2) is 9.96. The predicted octanol–water partition coefficient (Wildman–Crippen LogP) is 3.27. The van der Waals surface area contributed by atoms with Gasteiger partial charge in [-0.1, -0.05) is 30.0 Å². The van der Waals surface area contributed by atoms with Crippen molar-refractivity contribution in [3.05, 3.63) is 30.3 Å². The van der Waals surface area contributed by atoms with E-state index < -0.39 is 0 Å². The average Bonchev–Trinajstić information content (AvgIpc) is 2.61. The first-order chi connectivity index (χ1) is 12.5. The summed E-state index contributed by atoms with van der Waals surface area (Å²) in [5, 5.41) is 6.71. The molecule has 8 heteroatoms. The maximum absolute atomic E-state index is 12.8. The molecule has 1 heterocycles. The second-order valence-electron chi connectivity index (χ2n) is 5.81. The first-order valence-electron chi connectivity index (χ1n) is 8.78. The highest BCUT2D eigenvalue weighted by molar-refractivity contribution is 7.99. The molecule has 0 bridgehead atoms. The van der Waals surface area contributed by atoms with Crippen molar-refractivity contribution in [2.24, 2.45) is 0 Å². The van der Waals surface area contributed by atoms with Gasteiger partial charge >= 0.3 is 0 Å². The molecule has 0 fully saturated rings. The third kappa shape index (κ3) is 5.59. The Morgan fingerprint density at radius 1 is 1.04 bits per heavy atom. The van der Waals surface area contributed by atoms with Crippen LogP contribution in [-0.2, 0) is 4.79 Å². The number of carbonyl (C=O) groups excluding carboxylic acids is 1. The van der Waals surface area contributed by atoms with Crippen molar-refractivity contribution < 1.29 is 4.79 Å². The topological polar surface area (TPSA) is 83.0 Å². The molecule has 26 heavy (non-hydrogen) atoms. The van der Waals surface area contributed by atoms with E-state index in [-0.39, 0.29) is 17.7 Å². The normalized spacial score (nSPS) is 10.7. The van der Waals surface area contributed by atoms with Crippen molar-refractivity contribution in [2.45, 2.75) is 38.9 Å². The summed E-state index contributed by atoms with van der Waals surface area (Å²) in [5.74, 6) is 1.30. The summed E-state index contributed by atoms with van der Waals surface area (Å²) in [6.45, 7) is 9.40.